The minimum Gasteiger partial charge on any atom is -0.338 e. The highest BCUT2D eigenvalue weighted by atomic mass is 32.2. The fourth-order valence-corrected chi connectivity index (χ4v) is 4.08. The van der Waals surface area contributed by atoms with Crippen LogP contribution >= 0.6 is 11.3 Å². The van der Waals surface area contributed by atoms with Crippen LogP contribution in [-0.2, 0) is 30.0 Å². The van der Waals surface area contributed by atoms with Crippen molar-refractivity contribution in [2.24, 2.45) is 7.05 Å². The maximum atomic E-state index is 12.1. The van der Waals surface area contributed by atoms with Crippen LogP contribution in [0.3, 0.4) is 0 Å². The van der Waals surface area contributed by atoms with Gasteiger partial charge in [-0.25, -0.2) is 18.1 Å². The average molecular weight is 314 g/mol. The van der Waals surface area contributed by atoms with Crippen LogP contribution in [0.15, 0.2) is 28.0 Å². The van der Waals surface area contributed by atoms with E-state index in [-0.39, 0.29) is 0 Å². The summed E-state index contributed by atoms with van der Waals surface area (Å²) < 4.78 is 29.1. The van der Waals surface area contributed by atoms with Gasteiger partial charge in [-0.15, -0.1) is 11.3 Å². The number of aromatic nitrogens is 2. The Kier molecular flexibility index (Phi) is 4.92. The Morgan fingerprint density at radius 2 is 2.25 bits per heavy atom. The third-order valence-corrected chi connectivity index (χ3v) is 5.79. The summed E-state index contributed by atoms with van der Waals surface area (Å²) in [6.07, 6.45) is 4.11. The second kappa shape index (κ2) is 6.49. The van der Waals surface area contributed by atoms with Crippen LogP contribution in [0.1, 0.15) is 11.4 Å². The Hall–Kier alpha value is -1.22. The molecule has 0 bridgehead atoms. The summed E-state index contributed by atoms with van der Waals surface area (Å²) in [6, 6.07) is 1.70. The third-order valence-electron chi connectivity index (χ3n) is 2.84. The van der Waals surface area contributed by atoms with E-state index in [1.54, 1.807) is 12.3 Å². The zero-order valence-corrected chi connectivity index (χ0v) is 13.1. The van der Waals surface area contributed by atoms with Crippen LogP contribution in [0, 0.1) is 0 Å². The van der Waals surface area contributed by atoms with Crippen LogP contribution in [-0.4, -0.2) is 31.6 Å². The molecule has 2 aromatic rings. The van der Waals surface area contributed by atoms with Gasteiger partial charge in [0.2, 0.25) is 10.0 Å². The highest BCUT2D eigenvalue weighted by molar-refractivity contribution is 7.91. The summed E-state index contributed by atoms with van der Waals surface area (Å²) in [5.41, 5.74) is 0.974. The Balaban J connectivity index is 1.95. The highest BCUT2D eigenvalue weighted by Crippen LogP contribution is 2.19. The molecule has 20 heavy (non-hydrogen) atoms. The van der Waals surface area contributed by atoms with Crippen LogP contribution in [0.4, 0.5) is 0 Å². The van der Waals surface area contributed by atoms with Crippen molar-refractivity contribution in [1.29, 1.82) is 0 Å². The van der Waals surface area contributed by atoms with Crippen LogP contribution in [0.5, 0.6) is 0 Å². The fraction of sp³-hybridized carbons (Fsp3) is 0.417. The van der Waals surface area contributed by atoms with Gasteiger partial charge in [-0.05, 0) is 24.1 Å². The van der Waals surface area contributed by atoms with Crippen LogP contribution in [0.2, 0.25) is 0 Å². The molecule has 0 saturated heterocycles. The van der Waals surface area contributed by atoms with Gasteiger partial charge in [-0.1, -0.05) is 0 Å². The highest BCUT2D eigenvalue weighted by Gasteiger charge is 2.16. The number of sulfonamides is 1. The number of hydrogen-bond acceptors (Lipinski definition) is 5. The summed E-state index contributed by atoms with van der Waals surface area (Å²) in [5.74, 6) is 0.856. The maximum Gasteiger partial charge on any atom is 0.250 e. The minimum atomic E-state index is -3.42. The van der Waals surface area contributed by atoms with E-state index in [4.69, 9.17) is 0 Å². The Morgan fingerprint density at radius 3 is 2.90 bits per heavy atom. The van der Waals surface area contributed by atoms with Crippen LogP contribution in [0.25, 0.3) is 0 Å². The quantitative estimate of drug-likeness (QED) is 0.790. The second-order valence-electron chi connectivity index (χ2n) is 4.41. The summed E-state index contributed by atoms with van der Waals surface area (Å²) in [5, 5.41) is 4.85. The van der Waals surface area contributed by atoms with E-state index < -0.39 is 10.0 Å². The smallest absolute Gasteiger partial charge is 0.250 e. The van der Waals surface area contributed by atoms with E-state index in [0.717, 1.165) is 11.4 Å². The molecular weight excluding hydrogens is 296 g/mol. The molecule has 2 N–H and O–H groups in total. The van der Waals surface area contributed by atoms with E-state index in [0.29, 0.717) is 23.7 Å². The van der Waals surface area contributed by atoms with Gasteiger partial charge in [0.15, 0.2) is 0 Å². The van der Waals surface area contributed by atoms with Gasteiger partial charge in [0.05, 0.1) is 0 Å². The number of nitrogens with zero attached hydrogens (tertiary/aromatic N) is 2. The van der Waals surface area contributed by atoms with Crippen LogP contribution < -0.4 is 10.0 Å². The zero-order valence-electron chi connectivity index (χ0n) is 11.5. The molecule has 0 aromatic carbocycles. The van der Waals surface area contributed by atoms with Crippen molar-refractivity contribution in [1.82, 2.24) is 19.6 Å². The standard InChI is InChI=1S/C12H18N4O2S2/c1-13-8-10-7-12(19-9-10)20(17,18)15-4-3-11-14-5-6-16(11)2/h5-7,9,13,15H,3-4,8H2,1-2H3. The van der Waals surface area contributed by atoms with Gasteiger partial charge in [0, 0.05) is 39.0 Å². The fourth-order valence-electron chi connectivity index (χ4n) is 1.80. The van der Waals surface area contributed by atoms with E-state index in [2.05, 4.69) is 15.0 Å². The predicted molar refractivity (Wildman–Crippen MR) is 79.2 cm³/mol. The predicted octanol–water partition coefficient (Wildman–Crippen LogP) is 0.722. The van der Waals surface area contributed by atoms with E-state index in [1.807, 2.05) is 30.2 Å². The van der Waals surface area contributed by atoms with Crippen molar-refractivity contribution in [3.05, 3.63) is 35.2 Å². The van der Waals surface area contributed by atoms with Crippen molar-refractivity contribution in [3.63, 3.8) is 0 Å². The zero-order chi connectivity index (χ0) is 14.6. The van der Waals surface area contributed by atoms with Crippen molar-refractivity contribution in [2.75, 3.05) is 13.6 Å². The molecule has 0 radical (unpaired) electrons. The first-order chi connectivity index (χ1) is 9.53. The number of hydrogen-bond donors (Lipinski definition) is 2. The molecule has 0 aliphatic heterocycles. The minimum absolute atomic E-state index is 0.340. The first kappa shape index (κ1) is 15.2. The molecule has 2 rings (SSSR count). The molecule has 2 aromatic heterocycles. The topological polar surface area (TPSA) is 76.0 Å². The van der Waals surface area contributed by atoms with Crippen molar-refractivity contribution in [2.45, 2.75) is 17.2 Å². The Bertz CT molecular complexity index is 661. The molecule has 8 heteroatoms. The molecule has 0 unspecified atom stereocenters. The lowest BCUT2D eigenvalue weighted by molar-refractivity contribution is 0.582. The lowest BCUT2D eigenvalue weighted by Gasteiger charge is -2.04. The summed E-state index contributed by atoms with van der Waals surface area (Å²) in [4.78, 5) is 4.16. The maximum absolute atomic E-state index is 12.1. The first-order valence-electron chi connectivity index (χ1n) is 6.21. The molecule has 0 aliphatic rings. The Morgan fingerprint density at radius 1 is 1.45 bits per heavy atom. The lowest BCUT2D eigenvalue weighted by atomic mass is 10.3. The number of rotatable bonds is 7. The molecular formula is C12H18N4O2S2. The van der Waals surface area contributed by atoms with Gasteiger partial charge in [0.1, 0.15) is 10.0 Å². The average Bonchev–Trinajstić information content (AvgIpc) is 3.00. The van der Waals surface area contributed by atoms with E-state index in [9.17, 15) is 8.42 Å². The lowest BCUT2D eigenvalue weighted by Crippen LogP contribution is -2.26. The van der Waals surface area contributed by atoms with Gasteiger partial charge in [0.25, 0.3) is 0 Å². The number of aryl methyl sites for hydroxylation is 1. The second-order valence-corrected chi connectivity index (χ2v) is 7.31. The first-order valence-corrected chi connectivity index (χ1v) is 8.57. The van der Waals surface area contributed by atoms with E-state index in [1.165, 1.54) is 11.3 Å². The molecule has 2 heterocycles. The number of nitrogens with one attached hydrogen (secondary N) is 2. The third kappa shape index (κ3) is 3.66. The van der Waals surface area contributed by atoms with Gasteiger partial charge >= 0.3 is 0 Å². The molecule has 0 spiro atoms. The molecule has 0 amide bonds. The SMILES string of the molecule is CNCc1csc(S(=O)(=O)NCCc2nccn2C)c1. The van der Waals surface area contributed by atoms with Crippen molar-refractivity contribution in [3.8, 4) is 0 Å². The van der Waals surface area contributed by atoms with Gasteiger partial charge in [-0.2, -0.15) is 0 Å². The molecule has 0 saturated carbocycles. The summed E-state index contributed by atoms with van der Waals surface area (Å²) in [7, 11) is 0.299. The normalized spacial score (nSPS) is 11.9. The summed E-state index contributed by atoms with van der Waals surface area (Å²) >= 11 is 1.24. The largest absolute Gasteiger partial charge is 0.338 e. The van der Waals surface area contributed by atoms with E-state index >= 15 is 0 Å². The Labute approximate surface area is 122 Å². The molecule has 110 valence electrons. The molecule has 0 atom stereocenters. The number of thiophene rings is 1. The van der Waals surface area contributed by atoms with Gasteiger partial charge < -0.3 is 9.88 Å². The number of imidazole rings is 1. The summed E-state index contributed by atoms with van der Waals surface area (Å²) in [6.45, 7) is 1.01. The molecule has 0 fully saturated rings. The van der Waals surface area contributed by atoms with Crippen molar-refractivity contribution < 1.29 is 8.42 Å². The molecule has 6 nitrogen and oxygen atoms in total. The van der Waals surface area contributed by atoms with Gasteiger partial charge in [-0.3, -0.25) is 0 Å². The van der Waals surface area contributed by atoms with Crippen molar-refractivity contribution >= 4 is 21.4 Å². The monoisotopic (exact) mass is 314 g/mol. The molecule has 0 aliphatic carbocycles.